The van der Waals surface area contributed by atoms with Crippen LogP contribution in [0, 0.1) is 10.1 Å². The predicted molar refractivity (Wildman–Crippen MR) is 67.9 cm³/mol. The second kappa shape index (κ2) is 6.16. The normalized spacial score (nSPS) is 11.7. The molecule has 1 rings (SSSR count). The molecule has 0 spiro atoms. The summed E-state index contributed by atoms with van der Waals surface area (Å²) in [7, 11) is -4.12. The van der Waals surface area contributed by atoms with Gasteiger partial charge in [-0.1, -0.05) is 6.92 Å². The van der Waals surface area contributed by atoms with Gasteiger partial charge in [0.1, 0.15) is 0 Å². The van der Waals surface area contributed by atoms with Crippen molar-refractivity contribution >= 4 is 27.6 Å². The Kier molecular flexibility index (Phi) is 5.11. The summed E-state index contributed by atoms with van der Waals surface area (Å²) in [4.78, 5) is 9.27. The van der Waals surface area contributed by atoms with E-state index in [1.165, 1.54) is 4.68 Å². The Bertz CT molecular complexity index is 525. The van der Waals surface area contributed by atoms with Crippen LogP contribution in [0.1, 0.15) is 13.3 Å². The molecule has 0 unspecified atom stereocenters. The van der Waals surface area contributed by atoms with Crippen molar-refractivity contribution in [1.82, 2.24) is 9.78 Å². The largest absolute Gasteiger partial charge is 0.410 e. The lowest BCUT2D eigenvalue weighted by Crippen LogP contribution is -2.13. The van der Waals surface area contributed by atoms with Crippen LogP contribution >= 0.6 is 11.8 Å². The monoisotopic (exact) mass is 294 g/mol. The van der Waals surface area contributed by atoms with Gasteiger partial charge in [0.2, 0.25) is 14.9 Å². The number of hydrogen-bond acceptors (Lipinski definition) is 6. The number of nitro groups is 1. The first-order valence-electron chi connectivity index (χ1n) is 5.18. The van der Waals surface area contributed by atoms with Gasteiger partial charge in [0.05, 0.1) is 17.8 Å². The van der Waals surface area contributed by atoms with Crippen LogP contribution < -0.4 is 5.14 Å². The lowest BCUT2D eigenvalue weighted by Gasteiger charge is -1.96. The molecule has 0 atom stereocenters. The molecule has 1 heterocycles. The summed E-state index contributed by atoms with van der Waals surface area (Å²) in [6, 6.07) is 0. The highest BCUT2D eigenvalue weighted by Crippen LogP contribution is 2.20. The summed E-state index contributed by atoms with van der Waals surface area (Å²) in [5, 5.41) is 19.2. The maximum Gasteiger partial charge on any atom is 0.410 e. The number of rotatable bonds is 7. The van der Waals surface area contributed by atoms with Crippen molar-refractivity contribution in [3.05, 3.63) is 16.3 Å². The average Bonchev–Trinajstić information content (AvgIpc) is 2.68. The van der Waals surface area contributed by atoms with E-state index in [0.717, 1.165) is 24.1 Å². The van der Waals surface area contributed by atoms with E-state index in [0.29, 0.717) is 6.54 Å². The summed E-state index contributed by atoms with van der Waals surface area (Å²) < 4.78 is 23.6. The smallest absolute Gasteiger partial charge is 0.358 e. The van der Waals surface area contributed by atoms with Crippen molar-refractivity contribution in [2.24, 2.45) is 5.14 Å². The highest BCUT2D eigenvalue weighted by Gasteiger charge is 2.28. The molecule has 0 aromatic carbocycles. The van der Waals surface area contributed by atoms with E-state index in [1.807, 2.05) is 6.92 Å². The van der Waals surface area contributed by atoms with Gasteiger partial charge in [-0.25, -0.2) is 13.6 Å². The minimum Gasteiger partial charge on any atom is -0.358 e. The molecule has 0 amide bonds. The zero-order valence-electron chi connectivity index (χ0n) is 9.77. The first-order chi connectivity index (χ1) is 8.36. The van der Waals surface area contributed by atoms with Gasteiger partial charge in [0.15, 0.2) is 0 Å². The molecule has 0 radical (unpaired) electrons. The fraction of sp³-hybridized carbons (Fsp3) is 0.625. The summed E-state index contributed by atoms with van der Waals surface area (Å²) in [6.07, 6.45) is 1.85. The molecule has 0 aliphatic carbocycles. The topological polar surface area (TPSA) is 121 Å². The standard InChI is InChI=1S/C8H14N4O4S2/c1-2-17-5-3-4-11-6-7(18(9,15)16)8(10-11)12(13)14/h6H,2-5H2,1H3,(H2,9,15,16). The van der Waals surface area contributed by atoms with Crippen LogP contribution in [0.15, 0.2) is 11.1 Å². The van der Waals surface area contributed by atoms with Crippen LogP contribution in [0.25, 0.3) is 0 Å². The van der Waals surface area contributed by atoms with Gasteiger partial charge in [0, 0.05) is 0 Å². The molecule has 0 bridgehead atoms. The minimum atomic E-state index is -4.12. The molecule has 0 saturated heterocycles. The highest BCUT2D eigenvalue weighted by atomic mass is 32.2. The predicted octanol–water partition coefficient (Wildman–Crippen LogP) is 0.582. The Hall–Kier alpha value is -1.13. The number of aromatic nitrogens is 2. The van der Waals surface area contributed by atoms with E-state index in [9.17, 15) is 18.5 Å². The van der Waals surface area contributed by atoms with Crippen LogP contribution in [-0.2, 0) is 16.6 Å². The lowest BCUT2D eigenvalue weighted by molar-refractivity contribution is -0.392. The zero-order valence-corrected chi connectivity index (χ0v) is 11.4. The summed E-state index contributed by atoms with van der Waals surface area (Å²) >= 11 is 1.73. The molecule has 8 nitrogen and oxygen atoms in total. The Labute approximate surface area is 109 Å². The molecule has 102 valence electrons. The van der Waals surface area contributed by atoms with Crippen molar-refractivity contribution < 1.29 is 13.3 Å². The SMILES string of the molecule is CCSCCCn1cc(S(N)(=O)=O)c([N+](=O)[O-])n1. The molecular weight excluding hydrogens is 280 g/mol. The third-order valence-corrected chi connectivity index (χ3v) is 3.96. The number of primary sulfonamides is 1. The Balaban J connectivity index is 2.87. The number of hydrogen-bond donors (Lipinski definition) is 1. The number of nitrogens with zero attached hydrogens (tertiary/aromatic N) is 3. The number of sulfonamides is 1. The summed E-state index contributed by atoms with van der Waals surface area (Å²) in [5.74, 6) is 1.15. The van der Waals surface area contributed by atoms with Gasteiger partial charge >= 0.3 is 5.82 Å². The van der Waals surface area contributed by atoms with Crippen molar-refractivity contribution in [1.29, 1.82) is 0 Å². The van der Waals surface area contributed by atoms with Gasteiger partial charge in [-0.15, -0.1) is 0 Å². The van der Waals surface area contributed by atoms with E-state index in [4.69, 9.17) is 5.14 Å². The molecule has 18 heavy (non-hydrogen) atoms. The fourth-order valence-electron chi connectivity index (χ4n) is 1.31. The van der Waals surface area contributed by atoms with Crippen LogP contribution in [0.3, 0.4) is 0 Å². The van der Waals surface area contributed by atoms with Gasteiger partial charge in [-0.2, -0.15) is 16.4 Å². The van der Waals surface area contributed by atoms with Crippen LogP contribution in [-0.4, -0.2) is 34.6 Å². The zero-order chi connectivity index (χ0) is 13.8. The van der Waals surface area contributed by atoms with Gasteiger partial charge in [-0.05, 0) is 22.8 Å². The second-order valence-corrected chi connectivity index (χ2v) is 6.36. The van der Waals surface area contributed by atoms with Gasteiger partial charge < -0.3 is 10.1 Å². The van der Waals surface area contributed by atoms with Crippen LogP contribution in [0.4, 0.5) is 5.82 Å². The van der Waals surface area contributed by atoms with Gasteiger partial charge in [0.25, 0.3) is 0 Å². The maximum atomic E-state index is 11.2. The average molecular weight is 294 g/mol. The Morgan fingerprint density at radius 1 is 1.61 bits per heavy atom. The summed E-state index contributed by atoms with van der Waals surface area (Å²) in [6.45, 7) is 2.45. The van der Waals surface area contributed by atoms with Crippen LogP contribution in [0.5, 0.6) is 0 Å². The van der Waals surface area contributed by atoms with Crippen LogP contribution in [0.2, 0.25) is 0 Å². The van der Waals surface area contributed by atoms with Crippen molar-refractivity contribution in [3.8, 4) is 0 Å². The van der Waals surface area contributed by atoms with E-state index in [-0.39, 0.29) is 0 Å². The Morgan fingerprint density at radius 2 is 2.28 bits per heavy atom. The van der Waals surface area contributed by atoms with E-state index in [1.54, 1.807) is 11.8 Å². The lowest BCUT2D eigenvalue weighted by atomic mass is 10.5. The third-order valence-electron chi connectivity index (χ3n) is 2.07. The molecule has 0 fully saturated rings. The molecular formula is C8H14N4O4S2. The maximum absolute atomic E-state index is 11.2. The van der Waals surface area contributed by atoms with Crippen molar-refractivity contribution in [2.75, 3.05) is 11.5 Å². The molecule has 1 aromatic heterocycles. The van der Waals surface area contributed by atoms with E-state index >= 15 is 0 Å². The summed E-state index contributed by atoms with van der Waals surface area (Å²) in [5.41, 5.74) is 0. The van der Waals surface area contributed by atoms with Crippen molar-refractivity contribution in [2.45, 2.75) is 24.8 Å². The first kappa shape index (κ1) is 14.9. The molecule has 0 aliphatic rings. The molecule has 0 aliphatic heterocycles. The minimum absolute atomic E-state index is 0.420. The number of aryl methyl sites for hydroxylation is 1. The molecule has 1 aromatic rings. The quantitative estimate of drug-likeness (QED) is 0.446. The van der Waals surface area contributed by atoms with Gasteiger partial charge in [-0.3, -0.25) is 0 Å². The Morgan fingerprint density at radius 3 is 2.72 bits per heavy atom. The molecule has 2 N–H and O–H groups in total. The number of thioether (sulfide) groups is 1. The second-order valence-electron chi connectivity index (χ2n) is 3.43. The highest BCUT2D eigenvalue weighted by molar-refractivity contribution is 7.99. The van der Waals surface area contributed by atoms with Crippen molar-refractivity contribution in [3.63, 3.8) is 0 Å². The van der Waals surface area contributed by atoms with E-state index in [2.05, 4.69) is 5.10 Å². The first-order valence-corrected chi connectivity index (χ1v) is 7.88. The molecule has 10 heteroatoms. The number of nitrogens with two attached hydrogens (primary N) is 1. The fourth-order valence-corrected chi connectivity index (χ4v) is 2.57. The third kappa shape index (κ3) is 3.96. The molecule has 0 saturated carbocycles. The van der Waals surface area contributed by atoms with E-state index < -0.39 is 25.7 Å².